The lowest BCUT2D eigenvalue weighted by Crippen LogP contribution is -2.26. The lowest BCUT2D eigenvalue weighted by molar-refractivity contribution is 0.600. The summed E-state index contributed by atoms with van der Waals surface area (Å²) >= 11 is 1.64. The third-order valence-corrected chi connectivity index (χ3v) is 3.08. The van der Waals surface area contributed by atoms with Crippen LogP contribution in [0.1, 0.15) is 16.5 Å². The van der Waals surface area contributed by atoms with Crippen LogP contribution in [0.25, 0.3) is 0 Å². The van der Waals surface area contributed by atoms with E-state index < -0.39 is 0 Å². The molecule has 0 fully saturated rings. The zero-order valence-corrected chi connectivity index (χ0v) is 9.94. The molecule has 0 aliphatic carbocycles. The van der Waals surface area contributed by atoms with E-state index in [2.05, 4.69) is 15.4 Å². The summed E-state index contributed by atoms with van der Waals surface area (Å²) in [7, 11) is 1.89. The highest BCUT2D eigenvalue weighted by atomic mass is 32.1. The lowest BCUT2D eigenvalue weighted by Gasteiger charge is -2.09. The summed E-state index contributed by atoms with van der Waals surface area (Å²) < 4.78 is 1.76. The quantitative estimate of drug-likeness (QED) is 0.802. The van der Waals surface area contributed by atoms with E-state index in [4.69, 9.17) is 5.73 Å². The van der Waals surface area contributed by atoms with Gasteiger partial charge in [-0.15, -0.1) is 11.3 Å². The highest BCUT2D eigenvalue weighted by Gasteiger charge is 2.07. The number of rotatable bonds is 5. The first-order valence-electron chi connectivity index (χ1n) is 5.08. The van der Waals surface area contributed by atoms with Gasteiger partial charge in [-0.1, -0.05) is 0 Å². The average Bonchev–Trinajstić information content (AvgIpc) is 2.89. The van der Waals surface area contributed by atoms with Gasteiger partial charge in [-0.25, -0.2) is 0 Å². The smallest absolute Gasteiger partial charge is 0.0794 e. The molecule has 0 aromatic carbocycles. The number of hydrogen-bond donors (Lipinski definition) is 2. The Labute approximate surface area is 98.3 Å². The Bertz CT molecular complexity index is 422. The van der Waals surface area contributed by atoms with Crippen molar-refractivity contribution in [1.29, 1.82) is 0 Å². The molecule has 5 nitrogen and oxygen atoms in total. The van der Waals surface area contributed by atoms with Gasteiger partial charge in [-0.2, -0.15) is 5.10 Å². The average molecular weight is 237 g/mol. The highest BCUT2D eigenvalue weighted by Crippen LogP contribution is 2.08. The van der Waals surface area contributed by atoms with E-state index in [1.165, 1.54) is 4.88 Å². The van der Waals surface area contributed by atoms with Crippen LogP contribution in [0, 0.1) is 0 Å². The Morgan fingerprint density at radius 2 is 2.44 bits per heavy atom. The molecule has 0 saturated heterocycles. The maximum atomic E-state index is 6.02. The van der Waals surface area contributed by atoms with Gasteiger partial charge in [0.1, 0.15) is 0 Å². The molecule has 2 aromatic rings. The van der Waals surface area contributed by atoms with Crippen molar-refractivity contribution in [3.63, 3.8) is 0 Å². The molecule has 0 aliphatic heterocycles. The summed E-state index contributed by atoms with van der Waals surface area (Å²) in [6.07, 6.45) is 5.62. The van der Waals surface area contributed by atoms with Crippen molar-refractivity contribution in [2.75, 3.05) is 6.54 Å². The van der Waals surface area contributed by atoms with Gasteiger partial charge in [0.15, 0.2) is 0 Å². The first-order chi connectivity index (χ1) is 7.75. The molecule has 1 unspecified atom stereocenters. The monoisotopic (exact) mass is 237 g/mol. The number of thiazole rings is 1. The van der Waals surface area contributed by atoms with E-state index in [-0.39, 0.29) is 6.04 Å². The minimum absolute atomic E-state index is 0.0124. The largest absolute Gasteiger partial charge is 0.323 e. The zero-order chi connectivity index (χ0) is 11.4. The topological polar surface area (TPSA) is 68.8 Å². The van der Waals surface area contributed by atoms with E-state index in [1.54, 1.807) is 22.2 Å². The summed E-state index contributed by atoms with van der Waals surface area (Å²) in [6.45, 7) is 1.56. The van der Waals surface area contributed by atoms with Crippen molar-refractivity contribution in [3.8, 4) is 0 Å². The molecule has 2 rings (SSSR count). The normalized spacial score (nSPS) is 12.9. The molecule has 2 heterocycles. The second-order valence-corrected chi connectivity index (χ2v) is 4.62. The van der Waals surface area contributed by atoms with Crippen LogP contribution in [0.3, 0.4) is 0 Å². The van der Waals surface area contributed by atoms with Gasteiger partial charge in [0.05, 0.1) is 11.7 Å². The fourth-order valence-corrected chi connectivity index (χ4v) is 1.99. The van der Waals surface area contributed by atoms with Crippen molar-refractivity contribution in [2.45, 2.75) is 12.6 Å². The Hall–Kier alpha value is -1.24. The summed E-state index contributed by atoms with van der Waals surface area (Å²) in [5.74, 6) is 0. The van der Waals surface area contributed by atoms with Crippen LogP contribution < -0.4 is 11.1 Å². The molecule has 0 aliphatic rings. The second-order valence-electron chi connectivity index (χ2n) is 3.65. The van der Waals surface area contributed by atoms with Crippen molar-refractivity contribution in [1.82, 2.24) is 20.1 Å². The molecule has 2 aromatic heterocycles. The van der Waals surface area contributed by atoms with Crippen molar-refractivity contribution >= 4 is 11.3 Å². The first-order valence-corrected chi connectivity index (χ1v) is 5.96. The fraction of sp³-hybridized carbons (Fsp3) is 0.400. The highest BCUT2D eigenvalue weighted by molar-refractivity contribution is 7.09. The third-order valence-electron chi connectivity index (χ3n) is 2.30. The minimum Gasteiger partial charge on any atom is -0.323 e. The predicted octanol–water partition coefficient (Wildman–Crippen LogP) is 0.666. The number of nitrogens with zero attached hydrogens (tertiary/aromatic N) is 3. The van der Waals surface area contributed by atoms with Gasteiger partial charge < -0.3 is 11.1 Å². The third kappa shape index (κ3) is 2.88. The van der Waals surface area contributed by atoms with Gasteiger partial charge in [0.25, 0.3) is 0 Å². The summed E-state index contributed by atoms with van der Waals surface area (Å²) in [6, 6.07) is -0.0124. The maximum Gasteiger partial charge on any atom is 0.0794 e. The van der Waals surface area contributed by atoms with Crippen LogP contribution >= 0.6 is 11.3 Å². The molecule has 0 spiro atoms. The van der Waals surface area contributed by atoms with E-state index in [0.29, 0.717) is 0 Å². The molecular weight excluding hydrogens is 222 g/mol. The van der Waals surface area contributed by atoms with Gasteiger partial charge in [-0.05, 0) is 0 Å². The molecule has 0 amide bonds. The van der Waals surface area contributed by atoms with Crippen LogP contribution in [0.2, 0.25) is 0 Å². The van der Waals surface area contributed by atoms with Gasteiger partial charge >= 0.3 is 0 Å². The van der Waals surface area contributed by atoms with Gasteiger partial charge in [-0.3, -0.25) is 9.67 Å². The number of nitrogens with two attached hydrogens (primary N) is 1. The molecule has 16 heavy (non-hydrogen) atoms. The number of aryl methyl sites for hydroxylation is 1. The molecular formula is C10H15N5S. The summed E-state index contributed by atoms with van der Waals surface area (Å²) in [4.78, 5) is 5.24. The van der Waals surface area contributed by atoms with E-state index in [9.17, 15) is 0 Å². The van der Waals surface area contributed by atoms with Crippen molar-refractivity contribution in [3.05, 3.63) is 34.5 Å². The second kappa shape index (κ2) is 5.20. The number of aromatic nitrogens is 3. The standard InChI is InChI=1S/C10H15N5S/c1-15-6-8(2-14-15)10(11)5-12-3-9-4-13-7-16-9/h2,4,6-7,10,12H,3,5,11H2,1H3. The first kappa shape index (κ1) is 11.3. The molecule has 0 saturated carbocycles. The SMILES string of the molecule is Cn1cc(C(N)CNCc2cncs2)cn1. The van der Waals surface area contributed by atoms with E-state index >= 15 is 0 Å². The summed E-state index contributed by atoms with van der Waals surface area (Å²) in [5, 5.41) is 7.40. The molecule has 0 bridgehead atoms. The Kier molecular flexibility index (Phi) is 3.66. The van der Waals surface area contributed by atoms with Gasteiger partial charge in [0.2, 0.25) is 0 Å². The Balaban J connectivity index is 1.78. The fourth-order valence-electron chi connectivity index (χ4n) is 1.43. The van der Waals surface area contributed by atoms with Crippen LogP contribution in [-0.2, 0) is 13.6 Å². The zero-order valence-electron chi connectivity index (χ0n) is 9.13. The lowest BCUT2D eigenvalue weighted by atomic mass is 10.2. The minimum atomic E-state index is -0.0124. The number of hydrogen-bond acceptors (Lipinski definition) is 5. The molecule has 3 N–H and O–H groups in total. The van der Waals surface area contributed by atoms with Crippen LogP contribution in [-0.4, -0.2) is 21.3 Å². The van der Waals surface area contributed by atoms with Crippen LogP contribution in [0.15, 0.2) is 24.1 Å². The molecule has 86 valence electrons. The number of nitrogens with one attached hydrogen (secondary N) is 1. The van der Waals surface area contributed by atoms with E-state index in [1.807, 2.05) is 25.0 Å². The predicted molar refractivity (Wildman–Crippen MR) is 64.0 cm³/mol. The van der Waals surface area contributed by atoms with Crippen molar-refractivity contribution < 1.29 is 0 Å². The molecule has 0 radical (unpaired) electrons. The van der Waals surface area contributed by atoms with Gasteiger partial charge in [0, 0.05) is 49.0 Å². The van der Waals surface area contributed by atoms with E-state index in [0.717, 1.165) is 18.7 Å². The summed E-state index contributed by atoms with van der Waals surface area (Å²) in [5.41, 5.74) is 8.91. The van der Waals surface area contributed by atoms with Crippen molar-refractivity contribution in [2.24, 2.45) is 12.8 Å². The van der Waals surface area contributed by atoms with Crippen LogP contribution in [0.4, 0.5) is 0 Å². The Morgan fingerprint density at radius 3 is 3.06 bits per heavy atom. The Morgan fingerprint density at radius 1 is 1.56 bits per heavy atom. The molecule has 1 atom stereocenters. The maximum absolute atomic E-state index is 6.02. The molecule has 6 heteroatoms. The van der Waals surface area contributed by atoms with Crippen LogP contribution in [0.5, 0.6) is 0 Å².